The van der Waals surface area contributed by atoms with Gasteiger partial charge >= 0.3 is 0 Å². The first-order valence-corrected chi connectivity index (χ1v) is 11.0. The molecule has 0 saturated heterocycles. The molecule has 0 radical (unpaired) electrons. The van der Waals surface area contributed by atoms with Gasteiger partial charge in [-0.3, -0.25) is 14.8 Å². The van der Waals surface area contributed by atoms with E-state index in [1.165, 1.54) is 0 Å². The molecule has 4 rings (SSSR count). The van der Waals surface area contributed by atoms with Crippen molar-refractivity contribution in [3.05, 3.63) is 78.1 Å². The van der Waals surface area contributed by atoms with Gasteiger partial charge in [-0.15, -0.1) is 0 Å². The molecule has 0 saturated carbocycles. The third kappa shape index (κ3) is 3.77. The molecule has 2 heterocycles. The summed E-state index contributed by atoms with van der Waals surface area (Å²) in [6.07, 6.45) is 5.57. The van der Waals surface area contributed by atoms with Gasteiger partial charge in [0.2, 0.25) is 0 Å². The molecule has 1 N–H and O–H groups in total. The lowest BCUT2D eigenvalue weighted by molar-refractivity contribution is 0.0952. The van der Waals surface area contributed by atoms with Crippen molar-refractivity contribution in [2.45, 2.75) is 11.4 Å². The van der Waals surface area contributed by atoms with Crippen molar-refractivity contribution in [3.63, 3.8) is 0 Å². The summed E-state index contributed by atoms with van der Waals surface area (Å²) in [7, 11) is 3.32. The maximum Gasteiger partial charge on any atom is 0.252 e. The molecule has 4 nitrogen and oxygen atoms in total. The highest BCUT2D eigenvalue weighted by Gasteiger charge is 2.13. The summed E-state index contributed by atoms with van der Waals surface area (Å²) in [6, 6.07) is 17.6. The predicted molar refractivity (Wildman–Crippen MR) is 114 cm³/mol. The zero-order valence-electron chi connectivity index (χ0n) is 14.7. The highest BCUT2D eigenvalue weighted by molar-refractivity contribution is 8.76. The zero-order valence-corrected chi connectivity index (χ0v) is 16.3. The number of benzene rings is 2. The van der Waals surface area contributed by atoms with Crippen molar-refractivity contribution in [3.8, 4) is 0 Å². The third-order valence-electron chi connectivity index (χ3n) is 4.27. The van der Waals surface area contributed by atoms with Gasteiger partial charge in [0.05, 0.1) is 11.0 Å². The smallest absolute Gasteiger partial charge is 0.252 e. The van der Waals surface area contributed by atoms with Crippen LogP contribution in [0.5, 0.6) is 0 Å². The minimum absolute atomic E-state index is 0.0972. The van der Waals surface area contributed by atoms with Gasteiger partial charge in [0.25, 0.3) is 5.91 Å². The second kappa shape index (κ2) is 7.98. The summed E-state index contributed by atoms with van der Waals surface area (Å²) in [4.78, 5) is 22.7. The normalized spacial score (nSPS) is 11.0. The third-order valence-corrected chi connectivity index (χ3v) is 5.99. The van der Waals surface area contributed by atoms with E-state index in [1.807, 2.05) is 54.8 Å². The van der Waals surface area contributed by atoms with E-state index in [9.17, 15) is 4.79 Å². The molecule has 2 aromatic heterocycles. The van der Waals surface area contributed by atoms with Crippen LogP contribution in [0, 0.1) is 0 Å². The van der Waals surface area contributed by atoms with Crippen molar-refractivity contribution in [2.75, 3.05) is 6.26 Å². The summed E-state index contributed by atoms with van der Waals surface area (Å²) in [5.41, 5.74) is 3.50. The van der Waals surface area contributed by atoms with Crippen LogP contribution < -0.4 is 5.32 Å². The Kier molecular flexibility index (Phi) is 5.27. The molecule has 0 fully saturated rings. The maximum atomic E-state index is 12.8. The molecule has 1 amide bonds. The number of rotatable bonds is 5. The highest BCUT2D eigenvalue weighted by atomic mass is 33.1. The molecule has 0 aliphatic heterocycles. The monoisotopic (exact) mass is 391 g/mol. The predicted octanol–water partition coefficient (Wildman–Crippen LogP) is 5.08. The Bertz CT molecular complexity index is 1130. The van der Waals surface area contributed by atoms with Crippen LogP contribution in [0.25, 0.3) is 21.8 Å². The van der Waals surface area contributed by atoms with E-state index in [2.05, 4.69) is 21.4 Å². The van der Waals surface area contributed by atoms with E-state index in [4.69, 9.17) is 0 Å². The average molecular weight is 392 g/mol. The van der Waals surface area contributed by atoms with Gasteiger partial charge in [0.1, 0.15) is 0 Å². The minimum Gasteiger partial charge on any atom is -0.348 e. The average Bonchev–Trinajstić information content (AvgIpc) is 2.72. The molecule has 2 aromatic carbocycles. The number of aromatic nitrogens is 2. The van der Waals surface area contributed by atoms with E-state index in [1.54, 1.807) is 34.0 Å². The number of fused-ring (bicyclic) bond motifs is 2. The van der Waals surface area contributed by atoms with Gasteiger partial charge < -0.3 is 5.32 Å². The van der Waals surface area contributed by atoms with Crippen molar-refractivity contribution in [2.24, 2.45) is 0 Å². The summed E-state index contributed by atoms with van der Waals surface area (Å²) in [6.45, 7) is 0.465. The van der Waals surface area contributed by atoms with Crippen molar-refractivity contribution >= 4 is 49.3 Å². The number of carbonyl (C=O) groups is 1. The summed E-state index contributed by atoms with van der Waals surface area (Å²) >= 11 is 0. The topological polar surface area (TPSA) is 54.9 Å². The van der Waals surface area contributed by atoms with Crippen molar-refractivity contribution < 1.29 is 4.79 Å². The second-order valence-corrected chi connectivity index (χ2v) is 8.41. The highest BCUT2D eigenvalue weighted by Crippen LogP contribution is 2.34. The van der Waals surface area contributed by atoms with Crippen LogP contribution in [0.1, 0.15) is 15.9 Å². The maximum absolute atomic E-state index is 12.8. The Labute approximate surface area is 165 Å². The van der Waals surface area contributed by atoms with E-state index < -0.39 is 0 Å². The zero-order chi connectivity index (χ0) is 18.6. The van der Waals surface area contributed by atoms with Crippen LogP contribution in [0.4, 0.5) is 0 Å². The fourth-order valence-corrected chi connectivity index (χ4v) is 4.50. The van der Waals surface area contributed by atoms with Crippen LogP contribution >= 0.6 is 21.6 Å². The van der Waals surface area contributed by atoms with E-state index >= 15 is 0 Å². The number of pyridine rings is 2. The molecule has 27 heavy (non-hydrogen) atoms. The van der Waals surface area contributed by atoms with Crippen LogP contribution in [0.3, 0.4) is 0 Å². The van der Waals surface area contributed by atoms with Gasteiger partial charge in [-0.1, -0.05) is 39.8 Å². The Hall–Kier alpha value is -2.57. The summed E-state index contributed by atoms with van der Waals surface area (Å²) < 4.78 is 0. The molecule has 6 heteroatoms. The van der Waals surface area contributed by atoms with Crippen molar-refractivity contribution in [1.82, 2.24) is 15.3 Å². The van der Waals surface area contributed by atoms with Gasteiger partial charge in [-0.2, -0.15) is 0 Å². The largest absolute Gasteiger partial charge is 0.348 e. The Morgan fingerprint density at radius 2 is 1.89 bits per heavy atom. The van der Waals surface area contributed by atoms with Gasteiger partial charge in [-0.25, -0.2) is 0 Å². The first-order chi connectivity index (χ1) is 13.3. The number of hydrogen-bond acceptors (Lipinski definition) is 5. The molecule has 0 aliphatic carbocycles. The van der Waals surface area contributed by atoms with Crippen LogP contribution in [-0.4, -0.2) is 22.1 Å². The van der Waals surface area contributed by atoms with E-state index in [-0.39, 0.29) is 5.91 Å². The first kappa shape index (κ1) is 17.8. The second-order valence-electron chi connectivity index (χ2n) is 5.97. The lowest BCUT2D eigenvalue weighted by Gasteiger charge is -2.10. The van der Waals surface area contributed by atoms with E-state index in [0.29, 0.717) is 12.1 Å². The molecule has 0 spiro atoms. The molecule has 0 aliphatic rings. The number of carbonyl (C=O) groups excluding carboxylic acids is 1. The minimum atomic E-state index is -0.0972. The van der Waals surface area contributed by atoms with E-state index in [0.717, 1.165) is 32.3 Å². The molecule has 0 bridgehead atoms. The molecule has 4 aromatic rings. The van der Waals surface area contributed by atoms with Gasteiger partial charge in [0.15, 0.2) is 0 Å². The number of amides is 1. The molecule has 0 atom stereocenters. The molecule has 0 unspecified atom stereocenters. The number of hydrogen-bond donors (Lipinski definition) is 1. The Morgan fingerprint density at radius 3 is 2.78 bits per heavy atom. The van der Waals surface area contributed by atoms with Gasteiger partial charge in [-0.05, 0) is 48.2 Å². The standard InChI is InChI=1S/C21H17N3OS2/c1-26-27-19-9-7-17(16-5-3-11-23-20(16)19)21(25)24-13-14-6-8-18-15(12-14)4-2-10-22-18/h2-12H,13H2,1H3,(H,24,25). The lowest BCUT2D eigenvalue weighted by atomic mass is 10.1. The first-order valence-electron chi connectivity index (χ1n) is 8.46. The fourth-order valence-electron chi connectivity index (χ4n) is 3.01. The summed E-state index contributed by atoms with van der Waals surface area (Å²) in [5, 5.41) is 4.96. The van der Waals surface area contributed by atoms with Crippen LogP contribution in [0.15, 0.2) is 71.9 Å². The summed E-state index contributed by atoms with van der Waals surface area (Å²) in [5.74, 6) is -0.0972. The Morgan fingerprint density at radius 1 is 1.04 bits per heavy atom. The van der Waals surface area contributed by atoms with Crippen LogP contribution in [0.2, 0.25) is 0 Å². The SMILES string of the molecule is CSSc1ccc(C(=O)NCc2ccc3ncccc3c2)c2cccnc12. The molecular weight excluding hydrogens is 374 g/mol. The number of nitrogens with zero attached hydrogens (tertiary/aromatic N) is 2. The number of nitrogens with one attached hydrogen (secondary N) is 1. The Balaban J connectivity index is 1.58. The molecule has 134 valence electrons. The quantitative estimate of drug-likeness (QED) is 0.481. The molecular formula is C21H17N3OS2. The van der Waals surface area contributed by atoms with Gasteiger partial charge in [0, 0.05) is 40.2 Å². The van der Waals surface area contributed by atoms with Crippen molar-refractivity contribution in [1.29, 1.82) is 0 Å². The lowest BCUT2D eigenvalue weighted by Crippen LogP contribution is -2.23. The fraction of sp³-hybridized carbons (Fsp3) is 0.0952. The van der Waals surface area contributed by atoms with Crippen LogP contribution in [-0.2, 0) is 6.54 Å².